The Morgan fingerprint density at radius 3 is 2.47 bits per heavy atom. The normalized spacial score (nSPS) is 11.5. The molecule has 0 saturated carbocycles. The third kappa shape index (κ3) is 3.46. The predicted molar refractivity (Wildman–Crippen MR) is 55.2 cm³/mol. The van der Waals surface area contributed by atoms with Gasteiger partial charge in [-0.05, 0) is 6.07 Å². The molecule has 0 saturated heterocycles. The standard InChI is InChI=1S/C8H6BrClF3NO/c9-3-4-1-5(10)6(14)2-7(4)15-8(11,12)13/h1-2H,3,14H2. The first-order valence-corrected chi connectivity index (χ1v) is 5.23. The second kappa shape index (κ2) is 4.49. The van der Waals surface area contributed by atoms with E-state index >= 15 is 0 Å². The second-order valence-electron chi connectivity index (χ2n) is 2.66. The summed E-state index contributed by atoms with van der Waals surface area (Å²) in [5.74, 6) is -0.346. The average molecular weight is 304 g/mol. The van der Waals surface area contributed by atoms with E-state index in [9.17, 15) is 13.2 Å². The molecule has 2 nitrogen and oxygen atoms in total. The summed E-state index contributed by atoms with van der Waals surface area (Å²) >= 11 is 8.68. The van der Waals surface area contributed by atoms with Crippen LogP contribution in [0.2, 0.25) is 5.02 Å². The molecular formula is C8H6BrClF3NO. The van der Waals surface area contributed by atoms with Gasteiger partial charge in [0.2, 0.25) is 0 Å². The van der Waals surface area contributed by atoms with E-state index < -0.39 is 6.36 Å². The van der Waals surface area contributed by atoms with Crippen LogP contribution in [0.15, 0.2) is 12.1 Å². The van der Waals surface area contributed by atoms with E-state index in [-0.39, 0.29) is 27.4 Å². The zero-order valence-corrected chi connectivity index (χ0v) is 9.58. The van der Waals surface area contributed by atoms with Crippen molar-refractivity contribution in [2.75, 3.05) is 5.73 Å². The summed E-state index contributed by atoms with van der Waals surface area (Å²) < 4.78 is 39.7. The van der Waals surface area contributed by atoms with Crippen LogP contribution in [-0.4, -0.2) is 6.36 Å². The van der Waals surface area contributed by atoms with E-state index in [1.165, 1.54) is 6.07 Å². The molecule has 0 aliphatic carbocycles. The van der Waals surface area contributed by atoms with Gasteiger partial charge >= 0.3 is 6.36 Å². The van der Waals surface area contributed by atoms with E-state index in [0.29, 0.717) is 0 Å². The number of halogens is 5. The number of benzene rings is 1. The molecule has 0 atom stereocenters. The Morgan fingerprint density at radius 1 is 1.40 bits per heavy atom. The summed E-state index contributed by atoms with van der Waals surface area (Å²) in [6.45, 7) is 0. The van der Waals surface area contributed by atoms with E-state index in [0.717, 1.165) is 6.07 Å². The molecule has 0 fully saturated rings. The molecule has 0 radical (unpaired) electrons. The van der Waals surface area contributed by atoms with Crippen molar-refractivity contribution in [2.24, 2.45) is 0 Å². The minimum absolute atomic E-state index is 0.0422. The minimum atomic E-state index is -4.74. The molecule has 0 heterocycles. The summed E-state index contributed by atoms with van der Waals surface area (Å²) in [7, 11) is 0. The number of rotatable bonds is 2. The lowest BCUT2D eigenvalue weighted by Crippen LogP contribution is -2.18. The van der Waals surface area contributed by atoms with Gasteiger partial charge in [0.15, 0.2) is 0 Å². The van der Waals surface area contributed by atoms with Crippen molar-refractivity contribution < 1.29 is 17.9 Å². The number of anilines is 1. The van der Waals surface area contributed by atoms with Crippen LogP contribution in [-0.2, 0) is 5.33 Å². The summed E-state index contributed by atoms with van der Waals surface area (Å²) in [5, 5.41) is 0.386. The number of nitrogen functional groups attached to an aromatic ring is 1. The van der Waals surface area contributed by atoms with Crippen molar-refractivity contribution in [3.05, 3.63) is 22.7 Å². The van der Waals surface area contributed by atoms with Gasteiger partial charge in [-0.3, -0.25) is 0 Å². The lowest BCUT2D eigenvalue weighted by atomic mass is 10.2. The van der Waals surface area contributed by atoms with E-state index in [4.69, 9.17) is 17.3 Å². The Bertz CT molecular complexity index is 370. The minimum Gasteiger partial charge on any atom is -0.405 e. The average Bonchev–Trinajstić information content (AvgIpc) is 2.08. The zero-order chi connectivity index (χ0) is 11.6. The number of alkyl halides is 4. The first kappa shape index (κ1) is 12.4. The van der Waals surface area contributed by atoms with Crippen LogP contribution < -0.4 is 10.5 Å². The lowest BCUT2D eigenvalue weighted by molar-refractivity contribution is -0.274. The van der Waals surface area contributed by atoms with E-state index in [2.05, 4.69) is 20.7 Å². The van der Waals surface area contributed by atoms with Crippen LogP contribution in [0.4, 0.5) is 18.9 Å². The quantitative estimate of drug-likeness (QED) is 0.667. The SMILES string of the molecule is Nc1cc(OC(F)(F)F)c(CBr)cc1Cl. The molecule has 0 aliphatic rings. The molecule has 0 bridgehead atoms. The monoisotopic (exact) mass is 303 g/mol. The molecule has 0 amide bonds. The van der Waals surface area contributed by atoms with Crippen LogP contribution in [0.25, 0.3) is 0 Å². The maximum absolute atomic E-state index is 12.0. The fraction of sp³-hybridized carbons (Fsp3) is 0.250. The third-order valence-corrected chi connectivity index (χ3v) is 2.48. The molecule has 0 aliphatic heterocycles. The highest BCUT2D eigenvalue weighted by Crippen LogP contribution is 2.33. The number of hydrogen-bond acceptors (Lipinski definition) is 2. The zero-order valence-electron chi connectivity index (χ0n) is 7.24. The van der Waals surface area contributed by atoms with Crippen molar-refractivity contribution in [2.45, 2.75) is 11.7 Å². The molecule has 84 valence electrons. The summed E-state index contributed by atoms with van der Waals surface area (Å²) in [6, 6.07) is 2.37. The Hall–Kier alpha value is -0.620. The van der Waals surface area contributed by atoms with Crippen LogP contribution >= 0.6 is 27.5 Å². The second-order valence-corrected chi connectivity index (χ2v) is 3.63. The van der Waals surface area contributed by atoms with Gasteiger partial charge in [0.25, 0.3) is 0 Å². The molecule has 1 aromatic carbocycles. The molecule has 15 heavy (non-hydrogen) atoms. The Kier molecular flexibility index (Phi) is 3.72. The maximum atomic E-state index is 12.0. The van der Waals surface area contributed by atoms with Crippen molar-refractivity contribution in [3.8, 4) is 5.75 Å². The molecule has 0 aromatic heterocycles. The Labute approximate surface area is 97.3 Å². The Morgan fingerprint density at radius 2 is 2.00 bits per heavy atom. The van der Waals surface area contributed by atoms with Crippen molar-refractivity contribution >= 4 is 33.2 Å². The Balaban J connectivity index is 3.11. The highest BCUT2D eigenvalue weighted by atomic mass is 79.9. The van der Waals surface area contributed by atoms with Gasteiger partial charge in [0.1, 0.15) is 5.75 Å². The largest absolute Gasteiger partial charge is 0.573 e. The van der Waals surface area contributed by atoms with E-state index in [1.807, 2.05) is 0 Å². The van der Waals surface area contributed by atoms with Crippen LogP contribution in [0.3, 0.4) is 0 Å². The van der Waals surface area contributed by atoms with Gasteiger partial charge in [0, 0.05) is 17.0 Å². The third-order valence-electron chi connectivity index (χ3n) is 1.55. The van der Waals surface area contributed by atoms with Crippen molar-refractivity contribution in [3.63, 3.8) is 0 Å². The molecule has 7 heteroatoms. The molecule has 1 rings (SSSR count). The number of ether oxygens (including phenoxy) is 1. The first-order chi connectivity index (χ1) is 6.83. The van der Waals surface area contributed by atoms with Gasteiger partial charge in [-0.1, -0.05) is 27.5 Å². The lowest BCUT2D eigenvalue weighted by Gasteiger charge is -2.13. The highest BCUT2D eigenvalue weighted by molar-refractivity contribution is 9.08. The van der Waals surface area contributed by atoms with Crippen molar-refractivity contribution in [1.82, 2.24) is 0 Å². The molecule has 0 unspecified atom stereocenters. The predicted octanol–water partition coefficient (Wildman–Crippen LogP) is 3.72. The number of hydrogen-bond donors (Lipinski definition) is 1. The van der Waals surface area contributed by atoms with Gasteiger partial charge in [0.05, 0.1) is 10.7 Å². The fourth-order valence-electron chi connectivity index (χ4n) is 0.934. The summed E-state index contributed by atoms with van der Waals surface area (Å²) in [6.07, 6.45) is -4.74. The first-order valence-electron chi connectivity index (χ1n) is 3.73. The molecule has 1 aromatic rings. The van der Waals surface area contributed by atoms with Crippen molar-refractivity contribution in [1.29, 1.82) is 0 Å². The van der Waals surface area contributed by atoms with Crippen LogP contribution in [0.1, 0.15) is 5.56 Å². The number of nitrogens with two attached hydrogens (primary N) is 1. The molecule has 2 N–H and O–H groups in total. The van der Waals surface area contributed by atoms with Gasteiger partial charge < -0.3 is 10.5 Å². The molecule has 0 spiro atoms. The smallest absolute Gasteiger partial charge is 0.405 e. The van der Waals surface area contributed by atoms with Gasteiger partial charge in [-0.25, -0.2) is 0 Å². The van der Waals surface area contributed by atoms with Crippen LogP contribution in [0.5, 0.6) is 5.75 Å². The van der Waals surface area contributed by atoms with Gasteiger partial charge in [-0.15, -0.1) is 13.2 Å². The highest BCUT2D eigenvalue weighted by Gasteiger charge is 2.32. The summed E-state index contributed by atoms with van der Waals surface area (Å²) in [4.78, 5) is 0. The van der Waals surface area contributed by atoms with E-state index in [1.54, 1.807) is 0 Å². The fourth-order valence-corrected chi connectivity index (χ4v) is 1.56. The topological polar surface area (TPSA) is 35.2 Å². The maximum Gasteiger partial charge on any atom is 0.573 e. The summed E-state index contributed by atoms with van der Waals surface area (Å²) in [5.41, 5.74) is 5.69. The van der Waals surface area contributed by atoms with Crippen LogP contribution in [0, 0.1) is 0 Å². The molecular weight excluding hydrogens is 298 g/mol. The van der Waals surface area contributed by atoms with Gasteiger partial charge in [-0.2, -0.15) is 0 Å².